The van der Waals surface area contributed by atoms with E-state index in [0.717, 1.165) is 11.3 Å². The van der Waals surface area contributed by atoms with Crippen LogP contribution in [0.25, 0.3) is 11.0 Å². The van der Waals surface area contributed by atoms with Crippen LogP contribution in [0.3, 0.4) is 0 Å². The average molecular weight is 385 g/mol. The van der Waals surface area contributed by atoms with Crippen molar-refractivity contribution in [1.82, 2.24) is 4.98 Å². The van der Waals surface area contributed by atoms with Crippen molar-refractivity contribution in [3.05, 3.63) is 89.1 Å². The molecule has 0 atom stereocenters. The van der Waals surface area contributed by atoms with E-state index in [0.29, 0.717) is 22.5 Å². The first-order chi connectivity index (χ1) is 14.0. The summed E-state index contributed by atoms with van der Waals surface area (Å²) in [4.78, 5) is 21.8. The lowest BCUT2D eigenvalue weighted by molar-refractivity contribution is 0.102. The molecule has 0 radical (unpaired) electrons. The summed E-state index contributed by atoms with van der Waals surface area (Å²) in [5.41, 5.74) is 3.36. The fourth-order valence-corrected chi connectivity index (χ4v) is 2.96. The molecular formula is C23H19N3O3. The van der Waals surface area contributed by atoms with Gasteiger partial charge in [0.1, 0.15) is 22.7 Å². The van der Waals surface area contributed by atoms with Crippen LogP contribution >= 0.6 is 0 Å². The van der Waals surface area contributed by atoms with E-state index in [2.05, 4.69) is 15.3 Å². The Kier molecular flexibility index (Phi) is 4.83. The Bertz CT molecular complexity index is 1290. The van der Waals surface area contributed by atoms with Gasteiger partial charge >= 0.3 is 0 Å². The zero-order valence-corrected chi connectivity index (χ0v) is 16.0. The van der Waals surface area contributed by atoms with Gasteiger partial charge in [0.15, 0.2) is 0 Å². The van der Waals surface area contributed by atoms with Gasteiger partial charge in [-0.25, -0.2) is 9.98 Å². The molecule has 0 saturated heterocycles. The van der Waals surface area contributed by atoms with Crippen LogP contribution in [0.2, 0.25) is 0 Å². The van der Waals surface area contributed by atoms with Gasteiger partial charge in [0, 0.05) is 17.1 Å². The summed E-state index contributed by atoms with van der Waals surface area (Å²) >= 11 is 0. The van der Waals surface area contributed by atoms with Crippen LogP contribution in [0.15, 0.2) is 76.1 Å². The van der Waals surface area contributed by atoms with E-state index in [9.17, 15) is 9.90 Å². The summed E-state index contributed by atoms with van der Waals surface area (Å²) in [5, 5.41) is 13.2. The SMILES string of the molecule is Cc1cccc(N=c2oc3cc(O)ccc3cc2C(=O)Nc2cccc(C)n2)c1. The lowest BCUT2D eigenvalue weighted by atomic mass is 10.1. The number of fused-ring (bicyclic) bond motifs is 1. The Morgan fingerprint density at radius 3 is 2.66 bits per heavy atom. The number of aromatic nitrogens is 1. The van der Waals surface area contributed by atoms with Gasteiger partial charge in [-0.15, -0.1) is 0 Å². The van der Waals surface area contributed by atoms with Crippen molar-refractivity contribution in [2.24, 2.45) is 4.99 Å². The van der Waals surface area contributed by atoms with Crippen molar-refractivity contribution in [3.63, 3.8) is 0 Å². The van der Waals surface area contributed by atoms with E-state index in [1.54, 1.807) is 24.3 Å². The number of carbonyl (C=O) groups is 1. The second kappa shape index (κ2) is 7.59. The zero-order valence-electron chi connectivity index (χ0n) is 16.0. The predicted octanol–water partition coefficient (Wildman–Crippen LogP) is 4.63. The van der Waals surface area contributed by atoms with Gasteiger partial charge in [-0.05, 0) is 61.9 Å². The number of phenols is 1. The molecule has 4 rings (SSSR count). The number of nitrogens with one attached hydrogen (secondary N) is 1. The second-order valence-corrected chi connectivity index (χ2v) is 6.76. The fourth-order valence-electron chi connectivity index (χ4n) is 2.96. The zero-order chi connectivity index (χ0) is 20.4. The maximum absolute atomic E-state index is 13.0. The number of aromatic hydroxyl groups is 1. The van der Waals surface area contributed by atoms with E-state index >= 15 is 0 Å². The number of anilines is 1. The molecule has 0 unspecified atom stereocenters. The van der Waals surface area contributed by atoms with E-state index in [-0.39, 0.29) is 22.8 Å². The van der Waals surface area contributed by atoms with Crippen LogP contribution in [0.4, 0.5) is 11.5 Å². The van der Waals surface area contributed by atoms with Gasteiger partial charge in [-0.1, -0.05) is 18.2 Å². The molecule has 4 aromatic rings. The largest absolute Gasteiger partial charge is 0.508 e. The number of amides is 1. The smallest absolute Gasteiger partial charge is 0.262 e. The number of rotatable bonds is 3. The van der Waals surface area contributed by atoms with Crippen molar-refractivity contribution < 1.29 is 14.3 Å². The van der Waals surface area contributed by atoms with Crippen LogP contribution in [0, 0.1) is 13.8 Å². The average Bonchev–Trinajstić information content (AvgIpc) is 2.67. The summed E-state index contributed by atoms with van der Waals surface area (Å²) in [6.45, 7) is 3.82. The maximum Gasteiger partial charge on any atom is 0.262 e. The molecular weight excluding hydrogens is 366 g/mol. The third-order valence-corrected chi connectivity index (χ3v) is 4.34. The minimum absolute atomic E-state index is 0.0731. The first-order valence-electron chi connectivity index (χ1n) is 9.11. The van der Waals surface area contributed by atoms with Gasteiger partial charge in [0.05, 0.1) is 5.69 Å². The molecule has 0 aliphatic rings. The molecule has 0 aliphatic heterocycles. The predicted molar refractivity (Wildman–Crippen MR) is 111 cm³/mol. The molecule has 0 spiro atoms. The summed E-state index contributed by atoms with van der Waals surface area (Å²) in [6.07, 6.45) is 0. The molecule has 29 heavy (non-hydrogen) atoms. The molecule has 144 valence electrons. The van der Waals surface area contributed by atoms with Gasteiger partial charge in [-0.3, -0.25) is 4.79 Å². The highest BCUT2D eigenvalue weighted by molar-refractivity contribution is 6.05. The number of aryl methyl sites for hydroxylation is 2. The van der Waals surface area contributed by atoms with Crippen LogP contribution in [-0.4, -0.2) is 16.0 Å². The minimum atomic E-state index is -0.381. The van der Waals surface area contributed by atoms with Crippen LogP contribution in [0.5, 0.6) is 5.75 Å². The van der Waals surface area contributed by atoms with Gasteiger partial charge in [0.2, 0.25) is 5.55 Å². The molecule has 0 fully saturated rings. The van der Waals surface area contributed by atoms with Crippen molar-refractivity contribution >= 4 is 28.4 Å². The number of hydrogen-bond donors (Lipinski definition) is 2. The number of benzene rings is 2. The Morgan fingerprint density at radius 1 is 1.03 bits per heavy atom. The van der Waals surface area contributed by atoms with Crippen LogP contribution < -0.4 is 10.9 Å². The number of phenolic OH excluding ortho intramolecular Hbond substituents is 1. The van der Waals surface area contributed by atoms with E-state index in [1.165, 1.54) is 6.07 Å². The van der Waals surface area contributed by atoms with E-state index in [1.807, 2.05) is 50.2 Å². The summed E-state index contributed by atoms with van der Waals surface area (Å²) in [7, 11) is 0. The van der Waals surface area contributed by atoms with Crippen molar-refractivity contribution in [3.8, 4) is 5.75 Å². The molecule has 0 saturated carbocycles. The first kappa shape index (κ1) is 18.4. The molecule has 6 nitrogen and oxygen atoms in total. The van der Waals surface area contributed by atoms with Crippen molar-refractivity contribution in [2.75, 3.05) is 5.32 Å². The monoisotopic (exact) mass is 385 g/mol. The lowest BCUT2D eigenvalue weighted by Crippen LogP contribution is -2.22. The molecule has 2 heterocycles. The minimum Gasteiger partial charge on any atom is -0.508 e. The summed E-state index contributed by atoms with van der Waals surface area (Å²) in [6, 6.07) is 19.4. The molecule has 2 N–H and O–H groups in total. The number of hydrogen-bond acceptors (Lipinski definition) is 5. The van der Waals surface area contributed by atoms with E-state index in [4.69, 9.17) is 4.42 Å². The molecule has 1 amide bonds. The molecule has 2 aromatic heterocycles. The van der Waals surface area contributed by atoms with Gasteiger partial charge in [-0.2, -0.15) is 0 Å². The third kappa shape index (κ3) is 4.16. The van der Waals surface area contributed by atoms with Crippen molar-refractivity contribution in [2.45, 2.75) is 13.8 Å². The standard InChI is InChI=1S/C23H19N3O3/c1-14-5-3-7-17(11-14)25-23-19(12-16-9-10-18(27)13-20(16)29-23)22(28)26-21-8-4-6-15(2)24-21/h3-13,27H,1-2H3,(H,24,26,28). The van der Waals surface area contributed by atoms with Gasteiger partial charge in [0.25, 0.3) is 5.91 Å². The van der Waals surface area contributed by atoms with Crippen molar-refractivity contribution in [1.29, 1.82) is 0 Å². The Morgan fingerprint density at radius 2 is 1.86 bits per heavy atom. The topological polar surface area (TPSA) is 87.7 Å². The Labute approximate surface area is 167 Å². The molecule has 2 aromatic carbocycles. The number of pyridine rings is 1. The van der Waals surface area contributed by atoms with Gasteiger partial charge < -0.3 is 14.8 Å². The normalized spacial score (nSPS) is 11.6. The van der Waals surface area contributed by atoms with Crippen LogP contribution in [0.1, 0.15) is 21.6 Å². The lowest BCUT2D eigenvalue weighted by Gasteiger charge is -2.07. The summed E-state index contributed by atoms with van der Waals surface area (Å²) < 4.78 is 5.89. The summed E-state index contributed by atoms with van der Waals surface area (Å²) in [5.74, 6) is 0.138. The Balaban J connectivity index is 1.86. The highest BCUT2D eigenvalue weighted by Crippen LogP contribution is 2.21. The number of nitrogens with zero attached hydrogens (tertiary/aromatic N) is 2. The first-order valence-corrected chi connectivity index (χ1v) is 9.11. The number of carbonyl (C=O) groups excluding carboxylic acids is 1. The molecule has 0 aliphatic carbocycles. The highest BCUT2D eigenvalue weighted by Gasteiger charge is 2.14. The second-order valence-electron chi connectivity index (χ2n) is 6.76. The molecule has 6 heteroatoms. The highest BCUT2D eigenvalue weighted by atomic mass is 16.3. The van der Waals surface area contributed by atoms with E-state index < -0.39 is 0 Å². The maximum atomic E-state index is 13.0. The Hall–Kier alpha value is -3.93. The quantitative estimate of drug-likeness (QED) is 0.538. The fraction of sp³-hybridized carbons (Fsp3) is 0.0870. The van der Waals surface area contributed by atoms with Crippen LogP contribution in [-0.2, 0) is 0 Å². The molecule has 0 bridgehead atoms. The third-order valence-electron chi connectivity index (χ3n) is 4.34.